The number of nitrogens with one attached hydrogen (secondary N) is 1. The maximum atomic E-state index is 12.5. The lowest BCUT2D eigenvalue weighted by atomic mass is 10.1. The number of carbonyl (C=O) groups excluding carboxylic acids is 1. The van der Waals surface area contributed by atoms with Crippen molar-refractivity contribution in [1.29, 1.82) is 0 Å². The Bertz CT molecular complexity index is 1130. The summed E-state index contributed by atoms with van der Waals surface area (Å²) < 4.78 is 25.6. The zero-order valence-electron chi connectivity index (χ0n) is 15.6. The van der Waals surface area contributed by atoms with E-state index in [1.165, 1.54) is 0 Å². The van der Waals surface area contributed by atoms with E-state index in [1.54, 1.807) is 25.1 Å². The number of sulfonamides is 1. The fourth-order valence-corrected chi connectivity index (χ4v) is 4.06. The van der Waals surface area contributed by atoms with Gasteiger partial charge in [-0.1, -0.05) is 54.1 Å². The molecule has 0 unspecified atom stereocenters. The van der Waals surface area contributed by atoms with Gasteiger partial charge in [0, 0.05) is 11.6 Å². The van der Waals surface area contributed by atoms with Crippen LogP contribution in [0.15, 0.2) is 60.7 Å². The van der Waals surface area contributed by atoms with E-state index in [-0.39, 0.29) is 6.54 Å². The molecule has 0 heterocycles. The van der Waals surface area contributed by atoms with Crippen molar-refractivity contribution in [2.24, 2.45) is 0 Å². The Kier molecular flexibility index (Phi) is 5.91. The van der Waals surface area contributed by atoms with Crippen molar-refractivity contribution in [2.75, 3.05) is 17.1 Å². The van der Waals surface area contributed by atoms with Crippen LogP contribution in [-0.2, 0) is 21.4 Å². The number of carbonyl (C=O) groups is 1. The Balaban J connectivity index is 1.74. The zero-order chi connectivity index (χ0) is 20.3. The van der Waals surface area contributed by atoms with Gasteiger partial charge in [0.05, 0.1) is 11.9 Å². The molecule has 0 aromatic heterocycles. The third kappa shape index (κ3) is 4.64. The second-order valence-corrected chi connectivity index (χ2v) is 8.93. The van der Waals surface area contributed by atoms with Crippen LogP contribution >= 0.6 is 11.6 Å². The van der Waals surface area contributed by atoms with Gasteiger partial charge in [-0.05, 0) is 47.0 Å². The molecule has 0 saturated carbocycles. The van der Waals surface area contributed by atoms with Gasteiger partial charge in [0.1, 0.15) is 6.54 Å². The molecule has 7 heteroatoms. The first-order valence-corrected chi connectivity index (χ1v) is 11.0. The molecule has 0 radical (unpaired) electrons. The van der Waals surface area contributed by atoms with Gasteiger partial charge in [0.25, 0.3) is 0 Å². The van der Waals surface area contributed by atoms with Crippen molar-refractivity contribution in [3.63, 3.8) is 0 Å². The number of hydrogen-bond acceptors (Lipinski definition) is 3. The SMILES string of the molecule is Cc1c(Cl)cccc1N(CC(=O)NCc1ccc2ccccc2c1)S(C)(=O)=O. The molecular formula is C21H21ClN2O3S. The number of amides is 1. The molecule has 0 atom stereocenters. The van der Waals surface area contributed by atoms with Crippen LogP contribution in [0.5, 0.6) is 0 Å². The van der Waals surface area contributed by atoms with Crippen LogP contribution in [0.25, 0.3) is 10.8 Å². The standard InChI is InChI=1S/C21H21ClN2O3S/c1-15-19(22)8-5-9-20(15)24(28(2,26)27)14-21(25)23-13-16-10-11-17-6-3-4-7-18(17)12-16/h3-12H,13-14H2,1-2H3,(H,23,25). The first-order chi connectivity index (χ1) is 13.3. The summed E-state index contributed by atoms with van der Waals surface area (Å²) in [6.07, 6.45) is 1.07. The first-order valence-electron chi connectivity index (χ1n) is 8.73. The second kappa shape index (κ2) is 8.20. The molecule has 0 aliphatic heterocycles. The molecule has 0 fully saturated rings. The Morgan fingerprint density at radius 1 is 1.04 bits per heavy atom. The van der Waals surface area contributed by atoms with Gasteiger partial charge < -0.3 is 5.32 Å². The average molecular weight is 417 g/mol. The summed E-state index contributed by atoms with van der Waals surface area (Å²) in [5.41, 5.74) is 1.95. The van der Waals surface area contributed by atoms with Crippen LogP contribution in [0.4, 0.5) is 5.69 Å². The van der Waals surface area contributed by atoms with E-state index in [2.05, 4.69) is 5.32 Å². The Labute approximate surface area is 170 Å². The summed E-state index contributed by atoms with van der Waals surface area (Å²) in [5, 5.41) is 5.45. The number of fused-ring (bicyclic) bond motifs is 1. The van der Waals surface area contributed by atoms with Crippen LogP contribution < -0.4 is 9.62 Å². The smallest absolute Gasteiger partial charge is 0.241 e. The van der Waals surface area contributed by atoms with E-state index in [4.69, 9.17) is 11.6 Å². The number of anilines is 1. The molecule has 1 N–H and O–H groups in total. The molecule has 5 nitrogen and oxygen atoms in total. The quantitative estimate of drug-likeness (QED) is 0.663. The van der Waals surface area contributed by atoms with Gasteiger partial charge in [0.2, 0.25) is 15.9 Å². The van der Waals surface area contributed by atoms with E-state index < -0.39 is 15.9 Å². The Morgan fingerprint density at radius 3 is 2.46 bits per heavy atom. The van der Waals surface area contributed by atoms with E-state index in [9.17, 15) is 13.2 Å². The topological polar surface area (TPSA) is 66.5 Å². The molecule has 0 bridgehead atoms. The third-order valence-corrected chi connectivity index (χ3v) is 6.03. The van der Waals surface area contributed by atoms with Gasteiger partial charge in [-0.15, -0.1) is 0 Å². The summed E-state index contributed by atoms with van der Waals surface area (Å²) in [5.74, 6) is -0.391. The minimum absolute atomic E-state index is 0.312. The molecular weight excluding hydrogens is 396 g/mol. The third-order valence-electron chi connectivity index (χ3n) is 4.50. The average Bonchev–Trinajstić information content (AvgIpc) is 2.66. The van der Waals surface area contributed by atoms with Crippen LogP contribution in [0.1, 0.15) is 11.1 Å². The van der Waals surface area contributed by atoms with Crippen LogP contribution in [0.2, 0.25) is 5.02 Å². The zero-order valence-corrected chi connectivity index (χ0v) is 17.2. The summed E-state index contributed by atoms with van der Waals surface area (Å²) >= 11 is 6.11. The molecule has 0 saturated heterocycles. The summed E-state index contributed by atoms with van der Waals surface area (Å²) in [4.78, 5) is 12.5. The monoisotopic (exact) mass is 416 g/mol. The van der Waals surface area contributed by atoms with Crippen LogP contribution in [-0.4, -0.2) is 27.1 Å². The number of nitrogens with zero attached hydrogens (tertiary/aromatic N) is 1. The Morgan fingerprint density at radius 2 is 1.75 bits per heavy atom. The summed E-state index contributed by atoms with van der Waals surface area (Å²) in [7, 11) is -3.65. The minimum Gasteiger partial charge on any atom is -0.350 e. The Hall–Kier alpha value is -2.57. The van der Waals surface area contributed by atoms with Gasteiger partial charge in [0.15, 0.2) is 0 Å². The van der Waals surface area contributed by atoms with Crippen LogP contribution in [0, 0.1) is 6.92 Å². The molecule has 3 aromatic rings. The maximum Gasteiger partial charge on any atom is 0.241 e. The van der Waals surface area contributed by atoms with E-state index >= 15 is 0 Å². The molecule has 0 aliphatic carbocycles. The molecule has 146 valence electrons. The predicted molar refractivity (Wildman–Crippen MR) is 114 cm³/mol. The summed E-state index contributed by atoms with van der Waals surface area (Å²) in [6.45, 7) is 1.73. The minimum atomic E-state index is -3.65. The molecule has 0 spiro atoms. The predicted octanol–water partition coefficient (Wildman–Crippen LogP) is 3.88. The lowest BCUT2D eigenvalue weighted by Crippen LogP contribution is -2.40. The van der Waals surface area contributed by atoms with Crippen molar-refractivity contribution in [1.82, 2.24) is 5.32 Å². The van der Waals surface area contributed by atoms with Crippen molar-refractivity contribution in [3.8, 4) is 0 Å². The fraction of sp³-hybridized carbons (Fsp3) is 0.190. The van der Waals surface area contributed by atoms with E-state index in [0.29, 0.717) is 22.8 Å². The van der Waals surface area contributed by atoms with E-state index in [1.807, 2.05) is 42.5 Å². The van der Waals surface area contributed by atoms with Gasteiger partial charge in [-0.3, -0.25) is 9.10 Å². The highest BCUT2D eigenvalue weighted by Gasteiger charge is 2.23. The molecule has 0 aliphatic rings. The van der Waals surface area contributed by atoms with Crippen molar-refractivity contribution >= 4 is 44.0 Å². The number of hydrogen-bond donors (Lipinski definition) is 1. The molecule has 3 aromatic carbocycles. The van der Waals surface area contributed by atoms with Gasteiger partial charge in [-0.25, -0.2) is 8.42 Å². The first kappa shape index (κ1) is 20.2. The lowest BCUT2D eigenvalue weighted by molar-refractivity contribution is -0.119. The number of benzene rings is 3. The molecule has 3 rings (SSSR count). The normalized spacial score (nSPS) is 11.4. The van der Waals surface area contributed by atoms with Crippen molar-refractivity contribution in [3.05, 3.63) is 76.8 Å². The van der Waals surface area contributed by atoms with E-state index in [0.717, 1.165) is 26.9 Å². The number of rotatable bonds is 6. The van der Waals surface area contributed by atoms with Gasteiger partial charge in [-0.2, -0.15) is 0 Å². The second-order valence-electron chi connectivity index (χ2n) is 6.61. The highest BCUT2D eigenvalue weighted by molar-refractivity contribution is 7.92. The van der Waals surface area contributed by atoms with Crippen molar-refractivity contribution in [2.45, 2.75) is 13.5 Å². The maximum absolute atomic E-state index is 12.5. The van der Waals surface area contributed by atoms with Gasteiger partial charge >= 0.3 is 0 Å². The van der Waals surface area contributed by atoms with Crippen molar-refractivity contribution < 1.29 is 13.2 Å². The number of halogens is 1. The lowest BCUT2D eigenvalue weighted by Gasteiger charge is -2.24. The highest BCUT2D eigenvalue weighted by Crippen LogP contribution is 2.28. The molecule has 1 amide bonds. The highest BCUT2D eigenvalue weighted by atomic mass is 35.5. The summed E-state index contributed by atoms with van der Waals surface area (Å²) in [6, 6.07) is 18.9. The van der Waals surface area contributed by atoms with Crippen LogP contribution in [0.3, 0.4) is 0 Å². The molecule has 28 heavy (non-hydrogen) atoms. The fourth-order valence-electron chi connectivity index (χ4n) is 2.98. The largest absolute Gasteiger partial charge is 0.350 e.